The Morgan fingerprint density at radius 3 is 2.72 bits per heavy atom. The van der Waals surface area contributed by atoms with Crippen LogP contribution in [0.15, 0.2) is 18.2 Å². The van der Waals surface area contributed by atoms with Crippen LogP contribution in [-0.2, 0) is 11.2 Å². The highest BCUT2D eigenvalue weighted by molar-refractivity contribution is 6.47. The first-order chi connectivity index (χ1) is 11.9. The highest BCUT2D eigenvalue weighted by Crippen LogP contribution is 2.37. The molecule has 1 heterocycles. The van der Waals surface area contributed by atoms with Gasteiger partial charge in [0.2, 0.25) is 0 Å². The lowest BCUT2D eigenvalue weighted by Crippen LogP contribution is -2.47. The summed E-state index contributed by atoms with van der Waals surface area (Å²) < 4.78 is 5.60. The van der Waals surface area contributed by atoms with Gasteiger partial charge >= 0.3 is 7.12 Å². The van der Waals surface area contributed by atoms with E-state index in [1.54, 1.807) is 12.1 Å². The highest BCUT2D eigenvalue weighted by atomic mass is 16.5. The summed E-state index contributed by atoms with van der Waals surface area (Å²) in [5.41, 5.74) is 13.2. The van der Waals surface area contributed by atoms with Crippen LogP contribution in [0.1, 0.15) is 48.5 Å². The highest BCUT2D eigenvalue weighted by Gasteiger charge is 2.39. The van der Waals surface area contributed by atoms with Crippen molar-refractivity contribution in [3.8, 4) is 5.75 Å². The van der Waals surface area contributed by atoms with Crippen LogP contribution in [0.2, 0.25) is 5.82 Å². The molecule has 25 heavy (non-hydrogen) atoms. The van der Waals surface area contributed by atoms with Crippen LogP contribution in [0.4, 0.5) is 0 Å². The number of para-hydroxylation sites is 1. The molecule has 6 nitrogen and oxygen atoms in total. The number of hydrogen-bond acceptors (Lipinski definition) is 6. The molecule has 0 saturated heterocycles. The zero-order valence-corrected chi connectivity index (χ0v) is 14.5. The Morgan fingerprint density at radius 1 is 1.28 bits per heavy atom. The van der Waals surface area contributed by atoms with E-state index < -0.39 is 7.12 Å². The maximum Gasteiger partial charge on any atom is 0.526 e. The second-order valence-corrected chi connectivity index (χ2v) is 7.33. The minimum absolute atomic E-state index is 0.0375. The third kappa shape index (κ3) is 3.78. The summed E-state index contributed by atoms with van der Waals surface area (Å²) in [5, 5.41) is 10.3. The van der Waals surface area contributed by atoms with Gasteiger partial charge in [-0.25, -0.2) is 0 Å². The fourth-order valence-corrected chi connectivity index (χ4v) is 3.88. The molecule has 0 aromatic heterocycles. The van der Waals surface area contributed by atoms with E-state index in [1.165, 1.54) is 6.92 Å². The van der Waals surface area contributed by atoms with E-state index in [-0.39, 0.29) is 41.8 Å². The van der Waals surface area contributed by atoms with Gasteiger partial charge in [0.25, 0.3) is 0 Å². The first-order valence-corrected chi connectivity index (χ1v) is 8.88. The van der Waals surface area contributed by atoms with Gasteiger partial charge in [0.15, 0.2) is 5.78 Å². The number of benzene rings is 1. The molecular formula is C18H25BN2O4. The van der Waals surface area contributed by atoms with E-state index >= 15 is 0 Å². The van der Waals surface area contributed by atoms with E-state index in [0.717, 1.165) is 18.4 Å². The van der Waals surface area contributed by atoms with Gasteiger partial charge in [-0.15, -0.1) is 0 Å². The van der Waals surface area contributed by atoms with Crippen LogP contribution < -0.4 is 16.1 Å². The van der Waals surface area contributed by atoms with E-state index in [1.807, 2.05) is 6.07 Å². The summed E-state index contributed by atoms with van der Waals surface area (Å²) in [5.74, 6) is 0.0464. The lowest BCUT2D eigenvalue weighted by Gasteiger charge is -2.33. The van der Waals surface area contributed by atoms with E-state index in [2.05, 4.69) is 0 Å². The van der Waals surface area contributed by atoms with Crippen molar-refractivity contribution in [1.29, 1.82) is 0 Å². The van der Waals surface area contributed by atoms with Gasteiger partial charge in [-0.05, 0) is 44.2 Å². The Hall–Kier alpha value is -1.70. The number of ketones is 2. The molecule has 1 aliphatic carbocycles. The third-order valence-electron chi connectivity index (χ3n) is 5.47. The summed E-state index contributed by atoms with van der Waals surface area (Å²) >= 11 is 0. The summed E-state index contributed by atoms with van der Waals surface area (Å²) in [6.45, 7) is 1.47. The molecule has 0 unspecified atom stereocenters. The summed E-state index contributed by atoms with van der Waals surface area (Å²) in [4.78, 5) is 24.3. The van der Waals surface area contributed by atoms with Gasteiger partial charge in [0.05, 0.1) is 5.56 Å². The molecule has 1 saturated carbocycles. The number of rotatable bonds is 4. The van der Waals surface area contributed by atoms with Crippen molar-refractivity contribution in [2.75, 3.05) is 0 Å². The molecule has 7 heteroatoms. The largest absolute Gasteiger partial charge is 0.535 e. The third-order valence-corrected chi connectivity index (χ3v) is 5.47. The first-order valence-electron chi connectivity index (χ1n) is 8.88. The maximum atomic E-state index is 12.6. The average molecular weight is 344 g/mol. The Kier molecular flexibility index (Phi) is 5.27. The van der Waals surface area contributed by atoms with Crippen LogP contribution in [0.3, 0.4) is 0 Å². The van der Waals surface area contributed by atoms with Crippen LogP contribution in [0.25, 0.3) is 0 Å². The molecule has 1 fully saturated rings. The van der Waals surface area contributed by atoms with Gasteiger partial charge in [0.1, 0.15) is 11.5 Å². The molecule has 0 radical (unpaired) electrons. The molecule has 3 rings (SSSR count). The normalized spacial score (nSPS) is 28.9. The predicted octanol–water partition coefficient (Wildman–Crippen LogP) is 1.09. The molecule has 1 aromatic carbocycles. The fourth-order valence-electron chi connectivity index (χ4n) is 3.88. The van der Waals surface area contributed by atoms with Crippen molar-refractivity contribution >= 4 is 18.7 Å². The topological polar surface area (TPSA) is 116 Å². The molecule has 4 atom stereocenters. The summed E-state index contributed by atoms with van der Waals surface area (Å²) in [7, 11) is -1.09. The number of carbonyl (C=O) groups excluding carboxylic acids is 2. The van der Waals surface area contributed by atoms with Gasteiger partial charge in [-0.3, -0.25) is 9.59 Å². The zero-order valence-electron chi connectivity index (χ0n) is 14.5. The van der Waals surface area contributed by atoms with Crippen molar-refractivity contribution in [2.45, 2.75) is 56.9 Å². The molecule has 5 N–H and O–H groups in total. The van der Waals surface area contributed by atoms with Crippen molar-refractivity contribution in [3.63, 3.8) is 0 Å². The van der Waals surface area contributed by atoms with E-state index in [0.29, 0.717) is 24.2 Å². The van der Waals surface area contributed by atoms with Crippen LogP contribution in [0, 0.1) is 5.92 Å². The molecule has 0 bridgehead atoms. The lowest BCUT2D eigenvalue weighted by atomic mass is 9.63. The van der Waals surface area contributed by atoms with Crippen molar-refractivity contribution in [3.05, 3.63) is 29.3 Å². The van der Waals surface area contributed by atoms with Gasteiger partial charge in [0, 0.05) is 30.2 Å². The molecule has 0 amide bonds. The van der Waals surface area contributed by atoms with E-state index in [4.69, 9.17) is 16.1 Å². The molecule has 0 spiro atoms. The van der Waals surface area contributed by atoms with E-state index in [9.17, 15) is 14.6 Å². The average Bonchev–Trinajstić information content (AvgIpc) is 2.57. The number of hydrogen-bond donors (Lipinski definition) is 3. The zero-order chi connectivity index (χ0) is 18.1. The molecule has 1 aromatic rings. The quantitative estimate of drug-likeness (QED) is 0.556. The van der Waals surface area contributed by atoms with Crippen LogP contribution >= 0.6 is 0 Å². The van der Waals surface area contributed by atoms with Gasteiger partial charge in [-0.1, -0.05) is 12.1 Å². The molecule has 1 aliphatic heterocycles. The fraction of sp³-hybridized carbons (Fsp3) is 0.556. The Bertz CT molecular complexity index is 681. The number of Topliss-reactive ketones (excluding diaryl/α,β-unsaturated/α-hetero) is 2. The van der Waals surface area contributed by atoms with Crippen molar-refractivity contribution < 1.29 is 19.3 Å². The summed E-state index contributed by atoms with van der Waals surface area (Å²) in [6.07, 6.45) is 2.88. The smallest absolute Gasteiger partial charge is 0.526 e. The second-order valence-electron chi connectivity index (χ2n) is 7.33. The van der Waals surface area contributed by atoms with Gasteiger partial charge in [-0.2, -0.15) is 0 Å². The Morgan fingerprint density at radius 2 is 2.04 bits per heavy atom. The first kappa shape index (κ1) is 18.1. The molecule has 2 aliphatic rings. The molecular weight excluding hydrogens is 319 g/mol. The summed E-state index contributed by atoms with van der Waals surface area (Å²) in [6, 6.07) is 5.18. The maximum absolute atomic E-state index is 12.6. The number of carbonyl (C=O) groups is 2. The standard InChI is InChI=1S/C18H25BN2O4/c1-10(22)14-4-2-3-12-7-13(19(24)25-18(12)14)9-17(23)11-5-6-15(20)16(21)8-11/h2-4,11,13,15-16,24H,5-9,20-21H2,1H3/t11-,13-,15-,16-/m1/s1. The Balaban J connectivity index is 1.69. The van der Waals surface area contributed by atoms with Crippen molar-refractivity contribution in [1.82, 2.24) is 0 Å². The van der Waals surface area contributed by atoms with Gasteiger partial charge < -0.3 is 21.1 Å². The van der Waals surface area contributed by atoms with Crippen LogP contribution in [0.5, 0.6) is 5.75 Å². The minimum atomic E-state index is -1.09. The SMILES string of the molecule is CC(=O)c1cccc2c1OB(O)[C@@H](CC(=O)[C@@H]1CC[C@@H](N)[C@H](N)C1)C2. The second kappa shape index (κ2) is 7.27. The Labute approximate surface area is 148 Å². The number of fused-ring (bicyclic) bond motifs is 1. The van der Waals surface area contributed by atoms with Crippen LogP contribution in [-0.4, -0.2) is 35.8 Å². The minimum Gasteiger partial charge on any atom is -0.535 e. The predicted molar refractivity (Wildman–Crippen MR) is 95.4 cm³/mol. The monoisotopic (exact) mass is 344 g/mol. The van der Waals surface area contributed by atoms with Crippen molar-refractivity contribution in [2.24, 2.45) is 17.4 Å². The molecule has 134 valence electrons. The number of nitrogens with two attached hydrogens (primary N) is 2. The lowest BCUT2D eigenvalue weighted by molar-refractivity contribution is -0.124.